The molecule has 20 heavy (non-hydrogen) atoms. The lowest BCUT2D eigenvalue weighted by Gasteiger charge is -2.23. The van der Waals surface area contributed by atoms with E-state index in [1.165, 1.54) is 6.42 Å². The number of hydrogen-bond acceptors (Lipinski definition) is 4. The van der Waals surface area contributed by atoms with E-state index < -0.39 is 0 Å². The molecule has 0 aliphatic heterocycles. The molecule has 0 bridgehead atoms. The maximum atomic E-state index is 10.2. The van der Waals surface area contributed by atoms with Gasteiger partial charge in [-0.15, -0.1) is 0 Å². The van der Waals surface area contributed by atoms with Crippen LogP contribution in [-0.4, -0.2) is 27.2 Å². The van der Waals surface area contributed by atoms with Gasteiger partial charge in [-0.2, -0.15) is 0 Å². The molecule has 0 amide bonds. The Labute approximate surface area is 126 Å². The first-order chi connectivity index (χ1) is 9.74. The summed E-state index contributed by atoms with van der Waals surface area (Å²) in [6.45, 7) is 0. The van der Waals surface area contributed by atoms with Crippen molar-refractivity contribution >= 4 is 32.7 Å². The van der Waals surface area contributed by atoms with E-state index in [1.807, 2.05) is 12.1 Å². The van der Waals surface area contributed by atoms with Crippen molar-refractivity contribution < 1.29 is 5.11 Å². The molecule has 5 heteroatoms. The number of halogens is 1. The number of aromatic nitrogens is 2. The fourth-order valence-corrected chi connectivity index (χ4v) is 3.10. The van der Waals surface area contributed by atoms with E-state index in [2.05, 4.69) is 31.2 Å². The molecule has 2 heterocycles. The van der Waals surface area contributed by atoms with E-state index in [9.17, 15) is 5.11 Å². The molecule has 3 rings (SSSR count). The van der Waals surface area contributed by atoms with Crippen LogP contribution in [-0.2, 0) is 0 Å². The quantitative estimate of drug-likeness (QED) is 0.824. The van der Waals surface area contributed by atoms with Crippen LogP contribution in [0.2, 0.25) is 0 Å². The average molecular weight is 336 g/mol. The van der Waals surface area contributed by atoms with Gasteiger partial charge in [0.1, 0.15) is 5.52 Å². The number of pyridine rings is 2. The third-order valence-corrected chi connectivity index (χ3v) is 4.30. The SMILES string of the molecule is OC1CCCCCC1Nc1ccnc2cc(Br)cnc12. The smallest absolute Gasteiger partial charge is 0.112 e. The van der Waals surface area contributed by atoms with Gasteiger partial charge in [0, 0.05) is 16.9 Å². The van der Waals surface area contributed by atoms with Gasteiger partial charge in [-0.3, -0.25) is 9.97 Å². The minimum Gasteiger partial charge on any atom is -0.391 e. The number of fused-ring (bicyclic) bond motifs is 1. The summed E-state index contributed by atoms with van der Waals surface area (Å²) < 4.78 is 0.921. The molecule has 4 nitrogen and oxygen atoms in total. The normalized spacial score (nSPS) is 23.5. The standard InChI is InChI=1S/C15H18BrN3O/c16-10-8-13-15(18-9-10)12(6-7-17-13)19-11-4-2-1-3-5-14(11)20/h6-9,11,14,20H,1-5H2,(H,17,19). The largest absolute Gasteiger partial charge is 0.391 e. The fourth-order valence-electron chi connectivity index (χ4n) is 2.78. The molecular formula is C15H18BrN3O. The minimum atomic E-state index is -0.281. The van der Waals surface area contributed by atoms with Crippen LogP contribution >= 0.6 is 15.9 Å². The molecule has 1 saturated carbocycles. The van der Waals surface area contributed by atoms with Crippen molar-refractivity contribution in [3.8, 4) is 0 Å². The molecule has 1 aliphatic carbocycles. The van der Waals surface area contributed by atoms with Gasteiger partial charge in [0.25, 0.3) is 0 Å². The number of hydrogen-bond donors (Lipinski definition) is 2. The zero-order valence-corrected chi connectivity index (χ0v) is 12.8. The topological polar surface area (TPSA) is 58.0 Å². The maximum Gasteiger partial charge on any atom is 0.112 e. The summed E-state index contributed by atoms with van der Waals surface area (Å²) in [6.07, 6.45) is 8.63. The molecule has 2 atom stereocenters. The van der Waals surface area contributed by atoms with E-state index in [0.29, 0.717) is 0 Å². The lowest BCUT2D eigenvalue weighted by Crippen LogP contribution is -2.32. The van der Waals surface area contributed by atoms with Crippen molar-refractivity contribution in [1.82, 2.24) is 9.97 Å². The molecule has 0 spiro atoms. The van der Waals surface area contributed by atoms with E-state index in [1.54, 1.807) is 12.4 Å². The molecule has 0 saturated heterocycles. The maximum absolute atomic E-state index is 10.2. The predicted octanol–water partition coefficient (Wildman–Crippen LogP) is 3.50. The minimum absolute atomic E-state index is 0.105. The summed E-state index contributed by atoms with van der Waals surface area (Å²) in [7, 11) is 0. The molecule has 0 aromatic carbocycles. The Hall–Kier alpha value is -1.20. The molecule has 2 N–H and O–H groups in total. The second-order valence-electron chi connectivity index (χ2n) is 5.34. The molecule has 1 aliphatic rings. The van der Waals surface area contributed by atoms with E-state index in [4.69, 9.17) is 0 Å². The lowest BCUT2D eigenvalue weighted by atomic mass is 10.1. The van der Waals surface area contributed by atoms with Crippen LogP contribution in [0.4, 0.5) is 5.69 Å². The molecule has 0 radical (unpaired) electrons. The Bertz CT molecular complexity index is 605. The molecule has 2 aromatic heterocycles. The number of aliphatic hydroxyl groups is 1. The predicted molar refractivity (Wildman–Crippen MR) is 83.7 cm³/mol. The Morgan fingerprint density at radius 1 is 1.20 bits per heavy atom. The highest BCUT2D eigenvalue weighted by molar-refractivity contribution is 9.10. The highest BCUT2D eigenvalue weighted by Crippen LogP contribution is 2.26. The van der Waals surface area contributed by atoms with E-state index in [0.717, 1.165) is 46.9 Å². The highest BCUT2D eigenvalue weighted by Gasteiger charge is 2.22. The molecule has 1 fully saturated rings. The van der Waals surface area contributed by atoms with Crippen molar-refractivity contribution in [2.45, 2.75) is 44.2 Å². The van der Waals surface area contributed by atoms with Gasteiger partial charge in [-0.25, -0.2) is 0 Å². The summed E-state index contributed by atoms with van der Waals surface area (Å²) in [4.78, 5) is 8.78. The van der Waals surface area contributed by atoms with Gasteiger partial charge >= 0.3 is 0 Å². The summed E-state index contributed by atoms with van der Waals surface area (Å²) >= 11 is 3.41. The van der Waals surface area contributed by atoms with Crippen LogP contribution in [0.3, 0.4) is 0 Å². The van der Waals surface area contributed by atoms with Gasteiger partial charge in [-0.05, 0) is 40.9 Å². The van der Waals surface area contributed by atoms with Crippen LogP contribution in [0.5, 0.6) is 0 Å². The van der Waals surface area contributed by atoms with Gasteiger partial charge in [0.15, 0.2) is 0 Å². The van der Waals surface area contributed by atoms with Crippen LogP contribution in [0, 0.1) is 0 Å². The summed E-state index contributed by atoms with van der Waals surface area (Å²) in [5.74, 6) is 0. The van der Waals surface area contributed by atoms with Crippen molar-refractivity contribution in [2.75, 3.05) is 5.32 Å². The van der Waals surface area contributed by atoms with Crippen LogP contribution < -0.4 is 5.32 Å². The Morgan fingerprint density at radius 2 is 2.05 bits per heavy atom. The van der Waals surface area contributed by atoms with Gasteiger partial charge in [0.2, 0.25) is 0 Å². The van der Waals surface area contributed by atoms with Crippen molar-refractivity contribution in [3.05, 3.63) is 29.0 Å². The fraction of sp³-hybridized carbons (Fsp3) is 0.467. The van der Waals surface area contributed by atoms with Crippen molar-refractivity contribution in [3.63, 3.8) is 0 Å². The van der Waals surface area contributed by atoms with Gasteiger partial charge in [-0.1, -0.05) is 19.3 Å². The number of aliphatic hydroxyl groups excluding tert-OH is 1. The second kappa shape index (κ2) is 6.06. The molecular weight excluding hydrogens is 318 g/mol. The molecule has 2 aromatic rings. The highest BCUT2D eigenvalue weighted by atomic mass is 79.9. The third-order valence-electron chi connectivity index (χ3n) is 3.86. The monoisotopic (exact) mass is 335 g/mol. The van der Waals surface area contributed by atoms with Crippen molar-refractivity contribution in [2.24, 2.45) is 0 Å². The first kappa shape index (κ1) is 13.8. The first-order valence-corrected chi connectivity index (χ1v) is 7.88. The first-order valence-electron chi connectivity index (χ1n) is 7.09. The van der Waals surface area contributed by atoms with E-state index in [-0.39, 0.29) is 12.1 Å². The summed E-state index contributed by atoms with van der Waals surface area (Å²) in [5, 5.41) is 13.7. The van der Waals surface area contributed by atoms with Gasteiger partial charge in [0.05, 0.1) is 23.3 Å². The third kappa shape index (κ3) is 2.94. The van der Waals surface area contributed by atoms with E-state index >= 15 is 0 Å². The Kier molecular flexibility index (Phi) is 4.17. The van der Waals surface area contributed by atoms with Crippen LogP contribution in [0.25, 0.3) is 11.0 Å². The van der Waals surface area contributed by atoms with Crippen LogP contribution in [0.1, 0.15) is 32.1 Å². The number of anilines is 1. The Balaban J connectivity index is 1.90. The number of nitrogens with zero attached hydrogens (tertiary/aromatic N) is 2. The zero-order valence-electron chi connectivity index (χ0n) is 11.2. The summed E-state index contributed by atoms with van der Waals surface area (Å²) in [5.41, 5.74) is 2.66. The van der Waals surface area contributed by atoms with Gasteiger partial charge < -0.3 is 10.4 Å². The zero-order chi connectivity index (χ0) is 13.9. The lowest BCUT2D eigenvalue weighted by molar-refractivity contribution is 0.144. The average Bonchev–Trinajstić information content (AvgIpc) is 2.64. The summed E-state index contributed by atoms with van der Waals surface area (Å²) in [6, 6.07) is 3.99. The number of rotatable bonds is 2. The number of nitrogens with one attached hydrogen (secondary N) is 1. The second-order valence-corrected chi connectivity index (χ2v) is 6.25. The Morgan fingerprint density at radius 3 is 2.95 bits per heavy atom. The molecule has 106 valence electrons. The van der Waals surface area contributed by atoms with Crippen LogP contribution in [0.15, 0.2) is 29.0 Å². The van der Waals surface area contributed by atoms with Crippen molar-refractivity contribution in [1.29, 1.82) is 0 Å². The molecule has 2 unspecified atom stereocenters.